The summed E-state index contributed by atoms with van der Waals surface area (Å²) in [4.78, 5) is 13.4. The van der Waals surface area contributed by atoms with Crippen LogP contribution in [0.5, 0.6) is 0 Å². The van der Waals surface area contributed by atoms with E-state index < -0.39 is 0 Å². The van der Waals surface area contributed by atoms with Gasteiger partial charge in [0.1, 0.15) is 0 Å². The zero-order valence-electron chi connectivity index (χ0n) is 11.1. The summed E-state index contributed by atoms with van der Waals surface area (Å²) >= 11 is 7.56. The molecule has 0 bridgehead atoms. The normalized spacial score (nSPS) is 10.3. The van der Waals surface area contributed by atoms with Gasteiger partial charge in [-0.3, -0.25) is 10.6 Å². The predicted octanol–water partition coefficient (Wildman–Crippen LogP) is 3.18. The number of hydrogen-bond acceptors (Lipinski definition) is 4. The number of nitrogens with two attached hydrogens (primary N) is 1. The Balaban J connectivity index is 2.11. The molecule has 0 saturated heterocycles. The Kier molecular flexibility index (Phi) is 5.00. The van der Waals surface area contributed by atoms with Gasteiger partial charge in [-0.1, -0.05) is 18.5 Å². The van der Waals surface area contributed by atoms with E-state index in [1.54, 1.807) is 29.5 Å². The first-order chi connectivity index (χ1) is 9.65. The van der Waals surface area contributed by atoms with Gasteiger partial charge in [-0.05, 0) is 41.6 Å². The Morgan fingerprint density at radius 2 is 2.20 bits per heavy atom. The van der Waals surface area contributed by atoms with E-state index in [0.29, 0.717) is 22.8 Å². The number of thiophene rings is 1. The Labute approximate surface area is 126 Å². The molecule has 0 aliphatic carbocycles. The standard InChI is InChI=1S/C14H16ClN3OS/c1-2-9-5-6-20-13(9)8-17-14(19)11-7-10(15)3-4-12(11)18-16/h3-7,18H,2,8,16H2,1H3,(H,17,19). The van der Waals surface area contributed by atoms with Crippen LogP contribution in [0.1, 0.15) is 27.7 Å². The van der Waals surface area contributed by atoms with Gasteiger partial charge in [-0.15, -0.1) is 11.3 Å². The first kappa shape index (κ1) is 14.8. The van der Waals surface area contributed by atoms with Gasteiger partial charge in [0.2, 0.25) is 0 Å². The molecule has 1 amide bonds. The molecule has 6 heteroatoms. The maximum Gasteiger partial charge on any atom is 0.253 e. The van der Waals surface area contributed by atoms with E-state index in [-0.39, 0.29) is 5.91 Å². The smallest absolute Gasteiger partial charge is 0.253 e. The van der Waals surface area contributed by atoms with Gasteiger partial charge in [0.25, 0.3) is 5.91 Å². The first-order valence-corrected chi connectivity index (χ1v) is 7.51. The summed E-state index contributed by atoms with van der Waals surface area (Å²) < 4.78 is 0. The number of halogens is 1. The summed E-state index contributed by atoms with van der Waals surface area (Å²) in [6.07, 6.45) is 0.960. The number of carbonyl (C=O) groups is 1. The van der Waals surface area contributed by atoms with Gasteiger partial charge < -0.3 is 10.7 Å². The Hall–Kier alpha value is -1.56. The number of carbonyl (C=O) groups excluding carboxylic acids is 1. The van der Waals surface area contributed by atoms with Crippen molar-refractivity contribution in [3.05, 3.63) is 50.7 Å². The number of hydrazine groups is 1. The fourth-order valence-electron chi connectivity index (χ4n) is 1.92. The van der Waals surface area contributed by atoms with E-state index in [2.05, 4.69) is 23.7 Å². The zero-order chi connectivity index (χ0) is 14.5. The molecule has 1 heterocycles. The molecule has 106 valence electrons. The van der Waals surface area contributed by atoms with Crippen LogP contribution in [0.25, 0.3) is 0 Å². The van der Waals surface area contributed by atoms with Crippen molar-refractivity contribution in [2.24, 2.45) is 5.84 Å². The number of nitrogens with one attached hydrogen (secondary N) is 2. The molecule has 0 radical (unpaired) electrons. The third-order valence-corrected chi connectivity index (χ3v) is 4.21. The minimum absolute atomic E-state index is 0.198. The number of nitrogen functional groups attached to an aromatic ring is 1. The molecular formula is C14H16ClN3OS. The van der Waals surface area contributed by atoms with Crippen molar-refractivity contribution in [3.8, 4) is 0 Å². The van der Waals surface area contributed by atoms with Gasteiger partial charge in [0, 0.05) is 9.90 Å². The van der Waals surface area contributed by atoms with Crippen LogP contribution in [-0.2, 0) is 13.0 Å². The van der Waals surface area contributed by atoms with Crippen LogP contribution < -0.4 is 16.6 Å². The highest BCUT2D eigenvalue weighted by Gasteiger charge is 2.12. The highest BCUT2D eigenvalue weighted by atomic mass is 35.5. The van der Waals surface area contributed by atoms with Crippen LogP contribution in [0, 0.1) is 0 Å². The molecule has 4 nitrogen and oxygen atoms in total. The maximum absolute atomic E-state index is 12.2. The summed E-state index contributed by atoms with van der Waals surface area (Å²) in [5, 5.41) is 5.43. The fourth-order valence-corrected chi connectivity index (χ4v) is 3.01. The van der Waals surface area contributed by atoms with E-state index in [1.807, 2.05) is 5.38 Å². The van der Waals surface area contributed by atoms with Gasteiger partial charge in [0.05, 0.1) is 17.8 Å². The lowest BCUT2D eigenvalue weighted by Gasteiger charge is -2.10. The lowest BCUT2D eigenvalue weighted by atomic mass is 10.1. The Bertz CT molecular complexity index is 612. The molecule has 0 aliphatic heterocycles. The highest BCUT2D eigenvalue weighted by Crippen LogP contribution is 2.21. The number of aryl methyl sites for hydroxylation is 1. The third kappa shape index (κ3) is 3.30. The van der Waals surface area contributed by atoms with E-state index in [4.69, 9.17) is 17.4 Å². The first-order valence-electron chi connectivity index (χ1n) is 6.25. The molecule has 0 aliphatic rings. The number of hydrogen-bond donors (Lipinski definition) is 3. The molecule has 0 saturated carbocycles. The fraction of sp³-hybridized carbons (Fsp3) is 0.214. The van der Waals surface area contributed by atoms with Crippen molar-refractivity contribution in [2.45, 2.75) is 19.9 Å². The minimum Gasteiger partial charge on any atom is -0.347 e. The molecule has 0 fully saturated rings. The summed E-state index contributed by atoms with van der Waals surface area (Å²) in [6, 6.07) is 7.04. The topological polar surface area (TPSA) is 67.2 Å². The lowest BCUT2D eigenvalue weighted by molar-refractivity contribution is 0.0952. The van der Waals surface area contributed by atoms with Crippen LogP contribution >= 0.6 is 22.9 Å². The largest absolute Gasteiger partial charge is 0.347 e. The van der Waals surface area contributed by atoms with Crippen molar-refractivity contribution < 1.29 is 4.79 Å². The molecule has 0 spiro atoms. The average Bonchev–Trinajstić information content (AvgIpc) is 2.92. The monoisotopic (exact) mass is 309 g/mol. The summed E-state index contributed by atoms with van der Waals surface area (Å²) in [5.41, 5.74) is 4.75. The van der Waals surface area contributed by atoms with Crippen molar-refractivity contribution in [3.63, 3.8) is 0 Å². The molecule has 20 heavy (non-hydrogen) atoms. The maximum atomic E-state index is 12.2. The minimum atomic E-state index is -0.198. The second kappa shape index (κ2) is 6.74. The molecule has 2 rings (SSSR count). The van der Waals surface area contributed by atoms with Crippen molar-refractivity contribution in [1.29, 1.82) is 0 Å². The second-order valence-electron chi connectivity index (χ2n) is 4.24. The van der Waals surface area contributed by atoms with Crippen molar-refractivity contribution >= 4 is 34.5 Å². The molecular weight excluding hydrogens is 294 g/mol. The molecule has 1 aromatic heterocycles. The van der Waals surface area contributed by atoms with E-state index in [9.17, 15) is 4.79 Å². The van der Waals surface area contributed by atoms with Crippen molar-refractivity contribution in [2.75, 3.05) is 5.43 Å². The number of rotatable bonds is 5. The van der Waals surface area contributed by atoms with Crippen LogP contribution in [0.2, 0.25) is 5.02 Å². The molecule has 0 atom stereocenters. The lowest BCUT2D eigenvalue weighted by Crippen LogP contribution is -2.24. The molecule has 1 aromatic carbocycles. The average molecular weight is 310 g/mol. The van der Waals surface area contributed by atoms with Gasteiger partial charge in [0.15, 0.2) is 0 Å². The third-order valence-electron chi connectivity index (χ3n) is 3.01. The summed E-state index contributed by atoms with van der Waals surface area (Å²) in [6.45, 7) is 2.61. The Morgan fingerprint density at radius 3 is 2.90 bits per heavy atom. The number of amides is 1. The second-order valence-corrected chi connectivity index (χ2v) is 5.68. The predicted molar refractivity (Wildman–Crippen MR) is 84.1 cm³/mol. The molecule has 2 aromatic rings. The SMILES string of the molecule is CCc1ccsc1CNC(=O)c1cc(Cl)ccc1NN. The summed E-state index contributed by atoms with van der Waals surface area (Å²) in [7, 11) is 0. The molecule has 4 N–H and O–H groups in total. The van der Waals surface area contributed by atoms with E-state index >= 15 is 0 Å². The van der Waals surface area contributed by atoms with Gasteiger partial charge >= 0.3 is 0 Å². The van der Waals surface area contributed by atoms with Crippen LogP contribution in [0.15, 0.2) is 29.6 Å². The highest BCUT2D eigenvalue weighted by molar-refractivity contribution is 7.10. The van der Waals surface area contributed by atoms with Crippen molar-refractivity contribution in [1.82, 2.24) is 5.32 Å². The van der Waals surface area contributed by atoms with Gasteiger partial charge in [-0.25, -0.2) is 0 Å². The van der Waals surface area contributed by atoms with E-state index in [1.165, 1.54) is 10.4 Å². The number of anilines is 1. The van der Waals surface area contributed by atoms with E-state index in [0.717, 1.165) is 6.42 Å². The zero-order valence-corrected chi connectivity index (χ0v) is 12.6. The van der Waals surface area contributed by atoms with Crippen LogP contribution in [0.4, 0.5) is 5.69 Å². The quantitative estimate of drug-likeness (QED) is 0.587. The molecule has 0 unspecified atom stereocenters. The Morgan fingerprint density at radius 1 is 1.40 bits per heavy atom. The van der Waals surface area contributed by atoms with Crippen LogP contribution in [-0.4, -0.2) is 5.91 Å². The summed E-state index contributed by atoms with van der Waals surface area (Å²) in [5.74, 6) is 5.21. The van der Waals surface area contributed by atoms with Gasteiger partial charge in [-0.2, -0.15) is 0 Å². The van der Waals surface area contributed by atoms with Crippen LogP contribution in [0.3, 0.4) is 0 Å². The number of benzene rings is 1.